The Labute approximate surface area is 101 Å². The molecule has 16 heavy (non-hydrogen) atoms. The fraction of sp³-hybridized carbons (Fsp3) is 1.00. The first-order valence-electron chi connectivity index (χ1n) is 6.70. The summed E-state index contributed by atoms with van der Waals surface area (Å²) in [5.41, 5.74) is 0. The molecule has 3 heteroatoms. The number of hydrogen-bond acceptors (Lipinski definition) is 3. The van der Waals surface area contributed by atoms with Gasteiger partial charge in [-0.3, -0.25) is 4.90 Å². The third-order valence-corrected chi connectivity index (χ3v) is 3.41. The Balaban J connectivity index is 2.51. The Morgan fingerprint density at radius 2 is 1.19 bits per heavy atom. The van der Waals surface area contributed by atoms with E-state index < -0.39 is 0 Å². The Hall–Kier alpha value is -0.120. The number of hydrogen-bond donors (Lipinski definition) is 0. The molecule has 0 saturated carbocycles. The molecule has 0 radical (unpaired) electrons. The largest absolute Gasteiger partial charge is 0.298 e. The molecule has 0 aromatic heterocycles. The van der Waals surface area contributed by atoms with Crippen molar-refractivity contribution in [2.75, 3.05) is 26.2 Å². The van der Waals surface area contributed by atoms with Gasteiger partial charge in [0.05, 0.1) is 0 Å². The topological polar surface area (TPSA) is 9.72 Å². The minimum atomic E-state index is 0.602. The maximum Gasteiger partial charge on any atom is 0.0262 e. The van der Waals surface area contributed by atoms with E-state index in [9.17, 15) is 0 Å². The van der Waals surface area contributed by atoms with E-state index in [0.717, 1.165) is 0 Å². The van der Waals surface area contributed by atoms with Crippen LogP contribution < -0.4 is 0 Å². The molecular weight excluding hydrogens is 198 g/mol. The van der Waals surface area contributed by atoms with Gasteiger partial charge in [-0.1, -0.05) is 0 Å². The van der Waals surface area contributed by atoms with E-state index in [0.29, 0.717) is 18.1 Å². The van der Waals surface area contributed by atoms with Crippen molar-refractivity contribution >= 4 is 0 Å². The highest BCUT2D eigenvalue weighted by Gasteiger charge is 2.26. The molecule has 0 amide bonds. The lowest BCUT2D eigenvalue weighted by Crippen LogP contribution is -2.58. The first kappa shape index (κ1) is 13.9. The Bertz CT molecular complexity index is 185. The summed E-state index contributed by atoms with van der Waals surface area (Å²) in [4.78, 5) is 2.56. The molecule has 1 rings (SSSR count). The van der Waals surface area contributed by atoms with Crippen LogP contribution in [0.2, 0.25) is 0 Å². The van der Waals surface area contributed by atoms with Gasteiger partial charge in [0.2, 0.25) is 0 Å². The SMILES string of the molecule is CC(C)N1CCN(N(C(C)C)C(C)C)CC1. The maximum atomic E-state index is 2.56. The van der Waals surface area contributed by atoms with Crippen LogP contribution in [-0.2, 0) is 0 Å². The standard InChI is InChI=1S/C13H29N3/c1-11(2)14-7-9-15(10-8-14)16(12(3)4)13(5)6/h11-13H,7-10H2,1-6H3. The highest BCUT2D eigenvalue weighted by Crippen LogP contribution is 2.14. The van der Waals surface area contributed by atoms with Crippen molar-refractivity contribution in [3.63, 3.8) is 0 Å². The number of nitrogens with zero attached hydrogens (tertiary/aromatic N) is 3. The van der Waals surface area contributed by atoms with Crippen LogP contribution in [0.1, 0.15) is 41.5 Å². The van der Waals surface area contributed by atoms with Gasteiger partial charge in [0, 0.05) is 44.3 Å². The van der Waals surface area contributed by atoms with Gasteiger partial charge < -0.3 is 0 Å². The van der Waals surface area contributed by atoms with Crippen molar-refractivity contribution in [1.29, 1.82) is 0 Å². The van der Waals surface area contributed by atoms with Gasteiger partial charge in [0.25, 0.3) is 0 Å². The molecule has 0 unspecified atom stereocenters. The second kappa shape index (κ2) is 5.99. The molecule has 0 atom stereocenters. The van der Waals surface area contributed by atoms with E-state index in [1.807, 2.05) is 0 Å². The zero-order valence-corrected chi connectivity index (χ0v) is 11.9. The molecule has 96 valence electrons. The quantitative estimate of drug-likeness (QED) is 0.728. The molecule has 1 aliphatic heterocycles. The maximum absolute atomic E-state index is 2.56. The zero-order valence-electron chi connectivity index (χ0n) is 11.9. The van der Waals surface area contributed by atoms with Crippen LogP contribution in [0, 0.1) is 0 Å². The summed E-state index contributed by atoms with van der Waals surface area (Å²) in [6.45, 7) is 18.5. The third-order valence-electron chi connectivity index (χ3n) is 3.41. The average molecular weight is 227 g/mol. The molecule has 1 aliphatic rings. The van der Waals surface area contributed by atoms with E-state index in [4.69, 9.17) is 0 Å². The summed E-state index contributed by atoms with van der Waals surface area (Å²) in [6, 6.07) is 1.89. The fourth-order valence-electron chi connectivity index (χ4n) is 2.71. The summed E-state index contributed by atoms with van der Waals surface area (Å²) < 4.78 is 0. The molecule has 0 spiro atoms. The second-order valence-electron chi connectivity index (χ2n) is 5.65. The van der Waals surface area contributed by atoms with Crippen molar-refractivity contribution in [2.45, 2.75) is 59.7 Å². The predicted octanol–water partition coefficient (Wildman–Crippen LogP) is 2.05. The molecule has 0 aliphatic carbocycles. The van der Waals surface area contributed by atoms with E-state index in [1.165, 1.54) is 26.2 Å². The summed E-state index contributed by atoms with van der Waals surface area (Å²) >= 11 is 0. The first-order valence-corrected chi connectivity index (χ1v) is 6.70. The molecular formula is C13H29N3. The lowest BCUT2D eigenvalue weighted by molar-refractivity contribution is -0.102. The first-order chi connectivity index (χ1) is 7.43. The van der Waals surface area contributed by atoms with Gasteiger partial charge >= 0.3 is 0 Å². The van der Waals surface area contributed by atoms with Crippen LogP contribution >= 0.6 is 0 Å². The molecule has 0 aromatic rings. The van der Waals surface area contributed by atoms with Gasteiger partial charge in [-0.25, -0.2) is 10.0 Å². The summed E-state index contributed by atoms with van der Waals surface area (Å²) in [5.74, 6) is 0. The fourth-order valence-corrected chi connectivity index (χ4v) is 2.71. The predicted molar refractivity (Wildman–Crippen MR) is 70.4 cm³/mol. The normalized spacial score (nSPS) is 20.6. The molecule has 0 N–H and O–H groups in total. The molecule has 3 nitrogen and oxygen atoms in total. The zero-order chi connectivity index (χ0) is 12.3. The second-order valence-corrected chi connectivity index (χ2v) is 5.65. The lowest BCUT2D eigenvalue weighted by Gasteiger charge is -2.46. The van der Waals surface area contributed by atoms with Crippen LogP contribution in [0.15, 0.2) is 0 Å². The van der Waals surface area contributed by atoms with Crippen molar-refractivity contribution in [3.05, 3.63) is 0 Å². The Kier molecular flexibility index (Phi) is 5.22. The molecule has 1 saturated heterocycles. The third kappa shape index (κ3) is 3.44. The molecule has 1 fully saturated rings. The highest BCUT2D eigenvalue weighted by atomic mass is 15.7. The molecule has 1 heterocycles. The average Bonchev–Trinajstić information content (AvgIpc) is 2.17. The molecule has 0 aromatic carbocycles. The van der Waals surface area contributed by atoms with Crippen molar-refractivity contribution in [3.8, 4) is 0 Å². The van der Waals surface area contributed by atoms with Crippen LogP contribution in [0.4, 0.5) is 0 Å². The van der Waals surface area contributed by atoms with Gasteiger partial charge in [-0.05, 0) is 41.5 Å². The van der Waals surface area contributed by atoms with Gasteiger partial charge in [0.1, 0.15) is 0 Å². The van der Waals surface area contributed by atoms with Gasteiger partial charge in [-0.15, -0.1) is 0 Å². The number of hydrazine groups is 1. The minimum absolute atomic E-state index is 0.602. The highest BCUT2D eigenvalue weighted by molar-refractivity contribution is 4.76. The Morgan fingerprint density at radius 1 is 0.750 bits per heavy atom. The van der Waals surface area contributed by atoms with Gasteiger partial charge in [-0.2, -0.15) is 0 Å². The number of rotatable bonds is 4. The van der Waals surface area contributed by atoms with E-state index in [1.54, 1.807) is 0 Å². The smallest absolute Gasteiger partial charge is 0.0262 e. The van der Waals surface area contributed by atoms with E-state index >= 15 is 0 Å². The van der Waals surface area contributed by atoms with E-state index in [-0.39, 0.29) is 0 Å². The molecule has 0 bridgehead atoms. The van der Waals surface area contributed by atoms with Crippen LogP contribution in [0.25, 0.3) is 0 Å². The Morgan fingerprint density at radius 3 is 1.50 bits per heavy atom. The summed E-state index contributed by atoms with van der Waals surface area (Å²) in [7, 11) is 0. The van der Waals surface area contributed by atoms with Gasteiger partial charge in [0.15, 0.2) is 0 Å². The summed E-state index contributed by atoms with van der Waals surface area (Å²) in [5, 5.41) is 5.06. The monoisotopic (exact) mass is 227 g/mol. The minimum Gasteiger partial charge on any atom is -0.298 e. The number of piperazine rings is 1. The van der Waals surface area contributed by atoms with Crippen molar-refractivity contribution < 1.29 is 0 Å². The van der Waals surface area contributed by atoms with Crippen LogP contribution in [-0.4, -0.2) is 59.2 Å². The van der Waals surface area contributed by atoms with Crippen LogP contribution in [0.5, 0.6) is 0 Å². The lowest BCUT2D eigenvalue weighted by atomic mass is 10.2. The summed E-state index contributed by atoms with van der Waals surface area (Å²) in [6.07, 6.45) is 0. The van der Waals surface area contributed by atoms with Crippen molar-refractivity contribution in [2.24, 2.45) is 0 Å². The van der Waals surface area contributed by atoms with E-state index in [2.05, 4.69) is 56.5 Å². The van der Waals surface area contributed by atoms with Crippen LogP contribution in [0.3, 0.4) is 0 Å². The van der Waals surface area contributed by atoms with Crippen molar-refractivity contribution in [1.82, 2.24) is 14.9 Å².